The smallest absolute Gasteiger partial charge is 0.315 e. The second kappa shape index (κ2) is 8.67. The summed E-state index contributed by atoms with van der Waals surface area (Å²) in [7, 11) is -3.39. The fourth-order valence-corrected chi connectivity index (χ4v) is 3.60. The predicted molar refractivity (Wildman–Crippen MR) is 99.3 cm³/mol. The summed E-state index contributed by atoms with van der Waals surface area (Å²) in [6.45, 7) is 4.04. The van der Waals surface area contributed by atoms with Crippen molar-refractivity contribution < 1.29 is 13.2 Å². The number of aryl methyl sites for hydroxylation is 1. The molecule has 0 aliphatic rings. The zero-order chi connectivity index (χ0) is 18.3. The molecule has 25 heavy (non-hydrogen) atoms. The Labute approximate surface area is 149 Å². The van der Waals surface area contributed by atoms with E-state index in [0.717, 1.165) is 12.0 Å². The topological polar surface area (TPSA) is 75.3 Å². The van der Waals surface area contributed by atoms with Crippen LogP contribution in [-0.2, 0) is 16.3 Å². The minimum absolute atomic E-state index is 0.0601. The molecule has 0 aromatic heterocycles. The van der Waals surface area contributed by atoms with E-state index in [0.29, 0.717) is 0 Å². The van der Waals surface area contributed by atoms with Crippen molar-refractivity contribution in [3.05, 3.63) is 65.7 Å². The fourth-order valence-electron chi connectivity index (χ4n) is 2.42. The molecule has 2 rings (SSSR count). The highest BCUT2D eigenvalue weighted by molar-refractivity contribution is 7.91. The Balaban J connectivity index is 1.82. The zero-order valence-electron chi connectivity index (χ0n) is 14.5. The van der Waals surface area contributed by atoms with Gasteiger partial charge in [0, 0.05) is 6.54 Å². The van der Waals surface area contributed by atoms with Crippen molar-refractivity contribution in [3.63, 3.8) is 0 Å². The first-order valence-electron chi connectivity index (χ1n) is 8.33. The molecule has 1 atom stereocenters. The largest absolute Gasteiger partial charge is 0.337 e. The molecule has 0 saturated heterocycles. The van der Waals surface area contributed by atoms with Gasteiger partial charge < -0.3 is 10.6 Å². The summed E-state index contributed by atoms with van der Waals surface area (Å²) in [5.41, 5.74) is 2.25. The van der Waals surface area contributed by atoms with Gasteiger partial charge in [-0.15, -0.1) is 0 Å². The van der Waals surface area contributed by atoms with Crippen molar-refractivity contribution in [3.8, 4) is 0 Å². The number of amides is 2. The molecule has 134 valence electrons. The molecule has 1 unspecified atom stereocenters. The minimum Gasteiger partial charge on any atom is -0.337 e. The quantitative estimate of drug-likeness (QED) is 0.797. The third-order valence-electron chi connectivity index (χ3n) is 3.99. The monoisotopic (exact) mass is 360 g/mol. The molecule has 2 aromatic carbocycles. The highest BCUT2D eigenvalue weighted by Crippen LogP contribution is 2.13. The Morgan fingerprint density at radius 1 is 1.04 bits per heavy atom. The molecule has 6 heteroatoms. The van der Waals surface area contributed by atoms with Gasteiger partial charge in [-0.2, -0.15) is 0 Å². The van der Waals surface area contributed by atoms with E-state index in [-0.39, 0.29) is 29.3 Å². The molecule has 0 heterocycles. The van der Waals surface area contributed by atoms with Crippen LogP contribution in [0.2, 0.25) is 0 Å². The second-order valence-corrected chi connectivity index (χ2v) is 7.96. The number of carbonyl (C=O) groups excluding carboxylic acids is 1. The molecule has 0 bridgehead atoms. The van der Waals surface area contributed by atoms with Crippen LogP contribution in [0.25, 0.3) is 0 Å². The number of hydrogen-bond acceptors (Lipinski definition) is 3. The van der Waals surface area contributed by atoms with Gasteiger partial charge in [0.2, 0.25) is 0 Å². The number of carbonyl (C=O) groups is 1. The first-order chi connectivity index (χ1) is 11.9. The lowest BCUT2D eigenvalue weighted by Crippen LogP contribution is -2.39. The van der Waals surface area contributed by atoms with Crippen LogP contribution in [-0.4, -0.2) is 26.7 Å². The van der Waals surface area contributed by atoms with Gasteiger partial charge in [-0.1, -0.05) is 49.4 Å². The predicted octanol–water partition coefficient (Wildman–Crippen LogP) is 3.08. The molecule has 2 aromatic rings. The van der Waals surface area contributed by atoms with Crippen molar-refractivity contribution in [2.24, 2.45) is 0 Å². The summed E-state index contributed by atoms with van der Waals surface area (Å²) in [6, 6.07) is 15.8. The van der Waals surface area contributed by atoms with Crippen molar-refractivity contribution in [2.75, 3.05) is 12.3 Å². The molecule has 0 aliphatic heterocycles. The van der Waals surface area contributed by atoms with Gasteiger partial charge in [0.05, 0.1) is 16.7 Å². The van der Waals surface area contributed by atoms with Crippen LogP contribution in [0.5, 0.6) is 0 Å². The molecule has 5 nitrogen and oxygen atoms in total. The maximum Gasteiger partial charge on any atom is 0.315 e. The van der Waals surface area contributed by atoms with Gasteiger partial charge in [0.25, 0.3) is 0 Å². The highest BCUT2D eigenvalue weighted by atomic mass is 32.2. The van der Waals surface area contributed by atoms with Crippen molar-refractivity contribution in [1.82, 2.24) is 10.6 Å². The van der Waals surface area contributed by atoms with Crippen LogP contribution in [0.4, 0.5) is 4.79 Å². The molecule has 0 fully saturated rings. The molecule has 0 spiro atoms. The van der Waals surface area contributed by atoms with Gasteiger partial charge in [-0.05, 0) is 36.6 Å². The lowest BCUT2D eigenvalue weighted by Gasteiger charge is -2.15. The number of nitrogens with one attached hydrogen (secondary N) is 2. The molecular formula is C19H24N2O3S. The van der Waals surface area contributed by atoms with Crippen LogP contribution in [0, 0.1) is 0 Å². The number of sulfone groups is 1. The van der Waals surface area contributed by atoms with E-state index in [1.54, 1.807) is 30.3 Å². The maximum absolute atomic E-state index is 12.1. The van der Waals surface area contributed by atoms with Crippen LogP contribution >= 0.6 is 0 Å². The molecule has 2 N–H and O–H groups in total. The van der Waals surface area contributed by atoms with Crippen LogP contribution in [0.3, 0.4) is 0 Å². The first kappa shape index (κ1) is 19.0. The number of hydrogen-bond donors (Lipinski definition) is 2. The standard InChI is InChI=1S/C19H24N2O3S/c1-3-16-9-11-17(12-10-16)15(2)21-19(22)20-13-14-25(23,24)18-7-5-4-6-8-18/h4-12,15H,3,13-14H2,1-2H3,(H2,20,21,22). The van der Waals surface area contributed by atoms with Gasteiger partial charge >= 0.3 is 6.03 Å². The first-order valence-corrected chi connectivity index (χ1v) is 9.98. The van der Waals surface area contributed by atoms with Crippen LogP contribution in [0.15, 0.2) is 59.5 Å². The highest BCUT2D eigenvalue weighted by Gasteiger charge is 2.15. The molecule has 0 aliphatic carbocycles. The average molecular weight is 360 g/mol. The van der Waals surface area contributed by atoms with Crippen LogP contribution < -0.4 is 10.6 Å². The summed E-state index contributed by atoms with van der Waals surface area (Å²) in [5.74, 6) is -0.135. The Bertz CT molecular complexity index is 787. The Hall–Kier alpha value is -2.34. The molecular weight excluding hydrogens is 336 g/mol. The van der Waals surface area contributed by atoms with Crippen molar-refractivity contribution in [1.29, 1.82) is 0 Å². The fraction of sp³-hybridized carbons (Fsp3) is 0.316. The third kappa shape index (κ3) is 5.60. The van der Waals surface area contributed by atoms with Crippen LogP contribution in [0.1, 0.15) is 31.0 Å². The van der Waals surface area contributed by atoms with Crippen molar-refractivity contribution in [2.45, 2.75) is 31.2 Å². The number of rotatable bonds is 7. The summed E-state index contributed by atoms with van der Waals surface area (Å²) in [4.78, 5) is 12.2. The summed E-state index contributed by atoms with van der Waals surface area (Å²) in [5, 5.41) is 5.42. The lowest BCUT2D eigenvalue weighted by atomic mass is 10.1. The van der Waals surface area contributed by atoms with Gasteiger partial charge in [0.15, 0.2) is 9.84 Å². The Morgan fingerprint density at radius 2 is 1.68 bits per heavy atom. The van der Waals surface area contributed by atoms with E-state index < -0.39 is 9.84 Å². The number of urea groups is 1. The lowest BCUT2D eigenvalue weighted by molar-refractivity contribution is 0.238. The van der Waals surface area contributed by atoms with E-state index in [9.17, 15) is 13.2 Å². The van der Waals surface area contributed by atoms with E-state index in [1.165, 1.54) is 5.56 Å². The average Bonchev–Trinajstić information content (AvgIpc) is 2.62. The van der Waals surface area contributed by atoms with Gasteiger partial charge in [0.1, 0.15) is 0 Å². The van der Waals surface area contributed by atoms with Gasteiger partial charge in [-0.25, -0.2) is 13.2 Å². The van der Waals surface area contributed by atoms with E-state index in [2.05, 4.69) is 17.6 Å². The van der Waals surface area contributed by atoms with Gasteiger partial charge in [-0.3, -0.25) is 0 Å². The minimum atomic E-state index is -3.39. The molecule has 0 radical (unpaired) electrons. The number of benzene rings is 2. The molecule has 2 amide bonds. The SMILES string of the molecule is CCc1ccc(C(C)NC(=O)NCCS(=O)(=O)c2ccccc2)cc1. The second-order valence-electron chi connectivity index (χ2n) is 5.85. The Kier molecular flexibility index (Phi) is 6.58. The third-order valence-corrected chi connectivity index (χ3v) is 5.73. The summed E-state index contributed by atoms with van der Waals surface area (Å²) in [6.07, 6.45) is 0.971. The van der Waals surface area contributed by atoms with Crippen molar-refractivity contribution >= 4 is 15.9 Å². The summed E-state index contributed by atoms with van der Waals surface area (Å²) >= 11 is 0. The normalized spacial score (nSPS) is 12.4. The maximum atomic E-state index is 12.1. The van der Waals surface area contributed by atoms with E-state index in [1.807, 2.05) is 31.2 Å². The van der Waals surface area contributed by atoms with E-state index >= 15 is 0 Å². The summed E-state index contributed by atoms with van der Waals surface area (Å²) < 4.78 is 24.3. The zero-order valence-corrected chi connectivity index (χ0v) is 15.3. The molecule has 0 saturated carbocycles. The Morgan fingerprint density at radius 3 is 2.28 bits per heavy atom. The van der Waals surface area contributed by atoms with E-state index in [4.69, 9.17) is 0 Å².